The van der Waals surface area contributed by atoms with Gasteiger partial charge in [0.25, 0.3) is 0 Å². The minimum absolute atomic E-state index is 0.119. The van der Waals surface area contributed by atoms with Crippen LogP contribution >= 0.6 is 0 Å². The molecule has 0 saturated carbocycles. The number of carbonyl (C=O) groups excluding carboxylic acids is 1. The molecule has 0 aliphatic carbocycles. The number of piperidine rings is 1. The predicted octanol–water partition coefficient (Wildman–Crippen LogP) is 3.03. The standard InChI is InChI=1S/C24H27N3O2/c25-27-24(28)14-17-5-9-20(10-6-17)22-11-12-26-15-23(22)29-16-18-7-8-19-3-1-2-4-21(19)13-18/h1-10,13,22-23,26H,11-12,14-16,25H2,(H,27,28). The highest BCUT2D eigenvalue weighted by Gasteiger charge is 2.27. The smallest absolute Gasteiger partial charge is 0.238 e. The number of nitrogens with two attached hydrogens (primary N) is 1. The normalized spacial score (nSPS) is 19.2. The molecule has 1 fully saturated rings. The van der Waals surface area contributed by atoms with E-state index >= 15 is 0 Å². The molecule has 1 heterocycles. The molecule has 3 aromatic rings. The van der Waals surface area contributed by atoms with E-state index in [0.717, 1.165) is 25.1 Å². The second kappa shape index (κ2) is 9.18. The van der Waals surface area contributed by atoms with Crippen molar-refractivity contribution in [1.29, 1.82) is 0 Å². The van der Waals surface area contributed by atoms with E-state index in [2.05, 4.69) is 65.3 Å². The van der Waals surface area contributed by atoms with Crippen LogP contribution in [0, 0.1) is 0 Å². The van der Waals surface area contributed by atoms with Crippen molar-refractivity contribution in [3.63, 3.8) is 0 Å². The summed E-state index contributed by atoms with van der Waals surface area (Å²) in [6, 6.07) is 23.1. The van der Waals surface area contributed by atoms with Crippen LogP contribution in [-0.4, -0.2) is 25.1 Å². The molecule has 1 aliphatic rings. The average molecular weight is 389 g/mol. The van der Waals surface area contributed by atoms with Crippen LogP contribution in [0.3, 0.4) is 0 Å². The van der Waals surface area contributed by atoms with Gasteiger partial charge in [0, 0.05) is 12.5 Å². The minimum atomic E-state index is -0.184. The first-order valence-electron chi connectivity index (χ1n) is 10.1. The molecule has 4 N–H and O–H groups in total. The molecule has 0 spiro atoms. The van der Waals surface area contributed by atoms with Gasteiger partial charge in [0.2, 0.25) is 5.91 Å². The average Bonchev–Trinajstić information content (AvgIpc) is 2.78. The molecule has 29 heavy (non-hydrogen) atoms. The molecule has 2 atom stereocenters. The summed E-state index contributed by atoms with van der Waals surface area (Å²) in [5, 5.41) is 5.94. The fraction of sp³-hybridized carbons (Fsp3) is 0.292. The van der Waals surface area contributed by atoms with E-state index in [1.807, 2.05) is 12.1 Å². The molecular weight excluding hydrogens is 362 g/mol. The van der Waals surface area contributed by atoms with Crippen molar-refractivity contribution in [1.82, 2.24) is 10.7 Å². The van der Waals surface area contributed by atoms with E-state index in [4.69, 9.17) is 10.6 Å². The molecule has 2 unspecified atom stereocenters. The lowest BCUT2D eigenvalue weighted by Gasteiger charge is -2.32. The van der Waals surface area contributed by atoms with Gasteiger partial charge < -0.3 is 10.1 Å². The van der Waals surface area contributed by atoms with Gasteiger partial charge in [-0.1, -0.05) is 60.7 Å². The van der Waals surface area contributed by atoms with Crippen molar-refractivity contribution in [2.24, 2.45) is 5.84 Å². The van der Waals surface area contributed by atoms with E-state index in [1.54, 1.807) is 0 Å². The maximum absolute atomic E-state index is 11.5. The molecule has 0 aromatic heterocycles. The summed E-state index contributed by atoms with van der Waals surface area (Å²) in [6.07, 6.45) is 1.45. The lowest BCUT2D eigenvalue weighted by molar-refractivity contribution is -0.120. The number of hydrazine groups is 1. The molecular formula is C24H27N3O2. The van der Waals surface area contributed by atoms with Crippen LogP contribution in [0.2, 0.25) is 0 Å². The fourth-order valence-corrected chi connectivity index (χ4v) is 4.04. The topological polar surface area (TPSA) is 76.4 Å². The van der Waals surface area contributed by atoms with E-state index in [9.17, 15) is 4.79 Å². The molecule has 5 heteroatoms. The number of ether oxygens (including phenoxy) is 1. The molecule has 4 rings (SSSR count). The van der Waals surface area contributed by atoms with Crippen LogP contribution in [0.15, 0.2) is 66.7 Å². The van der Waals surface area contributed by atoms with Gasteiger partial charge in [-0.05, 0) is 46.5 Å². The zero-order valence-electron chi connectivity index (χ0n) is 16.4. The SMILES string of the molecule is NNC(=O)Cc1ccc(C2CCNCC2OCc2ccc3ccccc3c2)cc1. The van der Waals surface area contributed by atoms with Crippen LogP contribution in [0.1, 0.15) is 29.0 Å². The summed E-state index contributed by atoms with van der Waals surface area (Å²) >= 11 is 0. The van der Waals surface area contributed by atoms with Crippen molar-refractivity contribution >= 4 is 16.7 Å². The largest absolute Gasteiger partial charge is 0.372 e. The number of hydrogen-bond donors (Lipinski definition) is 3. The minimum Gasteiger partial charge on any atom is -0.372 e. The number of carbonyl (C=O) groups is 1. The third kappa shape index (κ3) is 4.82. The molecule has 3 aromatic carbocycles. The number of hydrogen-bond acceptors (Lipinski definition) is 4. The molecule has 1 amide bonds. The van der Waals surface area contributed by atoms with Crippen LogP contribution < -0.4 is 16.6 Å². The monoisotopic (exact) mass is 389 g/mol. The lowest BCUT2D eigenvalue weighted by atomic mass is 9.87. The number of fused-ring (bicyclic) bond motifs is 1. The van der Waals surface area contributed by atoms with Crippen molar-refractivity contribution < 1.29 is 9.53 Å². The first-order valence-corrected chi connectivity index (χ1v) is 10.1. The third-order valence-electron chi connectivity index (χ3n) is 5.64. The summed E-state index contributed by atoms with van der Waals surface area (Å²) in [7, 11) is 0. The summed E-state index contributed by atoms with van der Waals surface area (Å²) in [5.74, 6) is 5.33. The summed E-state index contributed by atoms with van der Waals surface area (Å²) in [6.45, 7) is 2.43. The Hall–Kier alpha value is -2.73. The first-order chi connectivity index (χ1) is 14.2. The molecule has 0 radical (unpaired) electrons. The van der Waals surface area contributed by atoms with Crippen LogP contribution in [-0.2, 0) is 22.6 Å². The zero-order chi connectivity index (χ0) is 20.1. The van der Waals surface area contributed by atoms with Gasteiger partial charge in [0.1, 0.15) is 0 Å². The molecule has 0 bridgehead atoms. The van der Waals surface area contributed by atoms with Gasteiger partial charge in [-0.15, -0.1) is 0 Å². The van der Waals surface area contributed by atoms with Crippen molar-refractivity contribution in [2.45, 2.75) is 31.5 Å². The third-order valence-corrected chi connectivity index (χ3v) is 5.64. The number of amides is 1. The highest BCUT2D eigenvalue weighted by Crippen LogP contribution is 2.29. The Labute approximate surface area is 171 Å². The Morgan fingerprint density at radius 1 is 1.03 bits per heavy atom. The van der Waals surface area contributed by atoms with Crippen LogP contribution in [0.25, 0.3) is 10.8 Å². The number of rotatable bonds is 6. The van der Waals surface area contributed by atoms with Gasteiger partial charge in [0.15, 0.2) is 0 Å². The first kappa shape index (κ1) is 19.6. The van der Waals surface area contributed by atoms with Crippen LogP contribution in [0.5, 0.6) is 0 Å². The number of benzene rings is 3. The Morgan fingerprint density at radius 2 is 1.79 bits per heavy atom. The zero-order valence-corrected chi connectivity index (χ0v) is 16.4. The van der Waals surface area contributed by atoms with Gasteiger partial charge in [-0.25, -0.2) is 5.84 Å². The lowest BCUT2D eigenvalue weighted by Crippen LogP contribution is -2.41. The molecule has 5 nitrogen and oxygen atoms in total. The molecule has 1 saturated heterocycles. The predicted molar refractivity (Wildman–Crippen MR) is 115 cm³/mol. The Morgan fingerprint density at radius 3 is 2.59 bits per heavy atom. The van der Waals surface area contributed by atoms with Crippen LogP contribution in [0.4, 0.5) is 0 Å². The van der Waals surface area contributed by atoms with E-state index < -0.39 is 0 Å². The van der Waals surface area contributed by atoms with Crippen molar-refractivity contribution in [3.8, 4) is 0 Å². The van der Waals surface area contributed by atoms with E-state index in [-0.39, 0.29) is 12.0 Å². The summed E-state index contributed by atoms with van der Waals surface area (Å²) < 4.78 is 6.35. The van der Waals surface area contributed by atoms with E-state index in [1.165, 1.54) is 21.9 Å². The van der Waals surface area contributed by atoms with Gasteiger partial charge in [-0.2, -0.15) is 0 Å². The van der Waals surface area contributed by atoms with E-state index in [0.29, 0.717) is 18.9 Å². The Bertz CT molecular complexity index is 971. The maximum atomic E-state index is 11.5. The highest BCUT2D eigenvalue weighted by molar-refractivity contribution is 5.83. The Balaban J connectivity index is 1.43. The fourth-order valence-electron chi connectivity index (χ4n) is 4.04. The highest BCUT2D eigenvalue weighted by atomic mass is 16.5. The Kier molecular flexibility index (Phi) is 6.20. The quantitative estimate of drug-likeness (QED) is 0.344. The molecule has 1 aliphatic heterocycles. The van der Waals surface area contributed by atoms with Gasteiger partial charge in [-0.3, -0.25) is 10.2 Å². The summed E-state index contributed by atoms with van der Waals surface area (Å²) in [5.41, 5.74) is 5.58. The van der Waals surface area contributed by atoms with Crippen molar-refractivity contribution in [3.05, 3.63) is 83.4 Å². The van der Waals surface area contributed by atoms with Crippen molar-refractivity contribution in [2.75, 3.05) is 13.1 Å². The number of nitrogens with one attached hydrogen (secondary N) is 2. The second-order valence-electron chi connectivity index (χ2n) is 7.62. The summed E-state index contributed by atoms with van der Waals surface area (Å²) in [4.78, 5) is 11.5. The second-order valence-corrected chi connectivity index (χ2v) is 7.62. The van der Waals surface area contributed by atoms with Gasteiger partial charge >= 0.3 is 0 Å². The molecule has 150 valence electrons. The maximum Gasteiger partial charge on any atom is 0.238 e. The van der Waals surface area contributed by atoms with Gasteiger partial charge in [0.05, 0.1) is 19.1 Å².